The summed E-state index contributed by atoms with van der Waals surface area (Å²) in [4.78, 5) is 11.8. The summed E-state index contributed by atoms with van der Waals surface area (Å²) in [6.07, 6.45) is 8.12. The minimum atomic E-state index is -0.215. The van der Waals surface area contributed by atoms with Crippen LogP contribution < -0.4 is 15.4 Å². The standard InChI is InChI=1S/C16H21ClN2O2/c1-21-15-8-7-13(11-14(15)17)19-16(20)18-10-9-12-5-3-2-4-6-12/h5,7-8,11H,2-4,6,9-10H2,1H3,(H2,18,19,20). The van der Waals surface area contributed by atoms with Crippen molar-refractivity contribution >= 4 is 23.3 Å². The van der Waals surface area contributed by atoms with Gasteiger partial charge in [-0.15, -0.1) is 0 Å². The first-order valence-corrected chi connectivity index (χ1v) is 7.63. The van der Waals surface area contributed by atoms with Crippen LogP contribution in [0.5, 0.6) is 5.75 Å². The van der Waals surface area contributed by atoms with E-state index in [0.29, 0.717) is 23.0 Å². The monoisotopic (exact) mass is 308 g/mol. The van der Waals surface area contributed by atoms with Gasteiger partial charge < -0.3 is 15.4 Å². The first kappa shape index (κ1) is 15.7. The molecule has 0 aromatic heterocycles. The molecule has 0 saturated heterocycles. The highest BCUT2D eigenvalue weighted by atomic mass is 35.5. The molecule has 0 atom stereocenters. The van der Waals surface area contributed by atoms with Crippen molar-refractivity contribution in [1.82, 2.24) is 5.32 Å². The van der Waals surface area contributed by atoms with Gasteiger partial charge in [-0.05, 0) is 50.3 Å². The summed E-state index contributed by atoms with van der Waals surface area (Å²) in [5, 5.41) is 6.10. The summed E-state index contributed by atoms with van der Waals surface area (Å²) in [7, 11) is 1.56. The largest absolute Gasteiger partial charge is 0.495 e. The van der Waals surface area contributed by atoms with Crippen molar-refractivity contribution in [3.63, 3.8) is 0 Å². The van der Waals surface area contributed by atoms with E-state index in [1.54, 1.807) is 25.3 Å². The lowest BCUT2D eigenvalue weighted by molar-refractivity contribution is 0.252. The number of methoxy groups -OCH3 is 1. The van der Waals surface area contributed by atoms with Gasteiger partial charge in [0.2, 0.25) is 0 Å². The normalized spacial score (nSPS) is 14.3. The van der Waals surface area contributed by atoms with Crippen molar-refractivity contribution in [3.8, 4) is 5.75 Å². The average Bonchev–Trinajstić information content (AvgIpc) is 2.48. The molecule has 0 radical (unpaired) electrons. The molecule has 4 nitrogen and oxygen atoms in total. The van der Waals surface area contributed by atoms with Crippen LogP contribution in [0.25, 0.3) is 0 Å². The van der Waals surface area contributed by atoms with Gasteiger partial charge in [0.25, 0.3) is 0 Å². The SMILES string of the molecule is COc1ccc(NC(=O)NCCC2=CCCCC2)cc1Cl. The second-order valence-electron chi connectivity index (χ2n) is 5.09. The van der Waals surface area contributed by atoms with E-state index in [2.05, 4.69) is 16.7 Å². The number of benzene rings is 1. The lowest BCUT2D eigenvalue weighted by atomic mass is 9.97. The number of amides is 2. The Morgan fingerprint density at radius 1 is 1.38 bits per heavy atom. The molecule has 21 heavy (non-hydrogen) atoms. The first-order chi connectivity index (χ1) is 10.2. The van der Waals surface area contributed by atoms with E-state index >= 15 is 0 Å². The molecule has 0 bridgehead atoms. The van der Waals surface area contributed by atoms with E-state index in [9.17, 15) is 4.79 Å². The van der Waals surface area contributed by atoms with Gasteiger partial charge in [0.15, 0.2) is 0 Å². The zero-order valence-electron chi connectivity index (χ0n) is 12.2. The van der Waals surface area contributed by atoms with E-state index in [1.165, 1.54) is 24.8 Å². The van der Waals surface area contributed by atoms with Gasteiger partial charge in [0.05, 0.1) is 12.1 Å². The Morgan fingerprint density at radius 2 is 2.24 bits per heavy atom. The number of carbonyl (C=O) groups excluding carboxylic acids is 1. The summed E-state index contributed by atoms with van der Waals surface area (Å²) in [5.41, 5.74) is 2.10. The molecule has 2 amide bonds. The van der Waals surface area contributed by atoms with E-state index in [1.807, 2.05) is 0 Å². The van der Waals surface area contributed by atoms with Gasteiger partial charge in [-0.3, -0.25) is 0 Å². The molecule has 5 heteroatoms. The summed E-state index contributed by atoms with van der Waals surface area (Å²) in [6, 6.07) is 4.94. The van der Waals surface area contributed by atoms with Gasteiger partial charge in [0.1, 0.15) is 5.75 Å². The Kier molecular flexibility index (Phi) is 5.93. The fourth-order valence-electron chi connectivity index (χ4n) is 2.39. The minimum Gasteiger partial charge on any atom is -0.495 e. The fraction of sp³-hybridized carbons (Fsp3) is 0.438. The predicted octanol–water partition coefficient (Wildman–Crippen LogP) is 4.36. The number of urea groups is 1. The van der Waals surface area contributed by atoms with Crippen LogP contribution >= 0.6 is 11.6 Å². The zero-order chi connectivity index (χ0) is 15.1. The molecule has 1 aromatic rings. The highest BCUT2D eigenvalue weighted by molar-refractivity contribution is 6.32. The third-order valence-corrected chi connectivity index (χ3v) is 3.82. The Labute approximate surface area is 130 Å². The molecule has 2 N–H and O–H groups in total. The Balaban J connectivity index is 1.76. The number of rotatable bonds is 5. The Bertz CT molecular complexity index is 529. The Morgan fingerprint density at radius 3 is 2.90 bits per heavy atom. The van der Waals surface area contributed by atoms with Gasteiger partial charge in [-0.2, -0.15) is 0 Å². The summed E-state index contributed by atoms with van der Waals surface area (Å²) < 4.78 is 5.07. The third kappa shape index (κ3) is 4.97. The van der Waals surface area contributed by atoms with Crippen molar-refractivity contribution in [1.29, 1.82) is 0 Å². The second-order valence-corrected chi connectivity index (χ2v) is 5.50. The summed E-state index contributed by atoms with van der Waals surface area (Å²) in [6.45, 7) is 0.654. The van der Waals surface area contributed by atoms with Crippen LogP contribution in [-0.4, -0.2) is 19.7 Å². The number of ether oxygens (including phenoxy) is 1. The van der Waals surface area contributed by atoms with Crippen LogP contribution in [-0.2, 0) is 0 Å². The molecule has 0 unspecified atom stereocenters. The van der Waals surface area contributed by atoms with Gasteiger partial charge in [-0.1, -0.05) is 23.3 Å². The van der Waals surface area contributed by atoms with Crippen LogP contribution in [0.4, 0.5) is 10.5 Å². The molecule has 114 valence electrons. The van der Waals surface area contributed by atoms with Crippen molar-refractivity contribution in [2.75, 3.05) is 19.0 Å². The van der Waals surface area contributed by atoms with Crippen LogP contribution in [0.1, 0.15) is 32.1 Å². The topological polar surface area (TPSA) is 50.4 Å². The molecule has 1 aliphatic rings. The maximum Gasteiger partial charge on any atom is 0.319 e. The molecule has 0 saturated carbocycles. The number of hydrogen-bond acceptors (Lipinski definition) is 2. The molecule has 1 aromatic carbocycles. The molecule has 0 spiro atoms. The molecular formula is C16H21ClN2O2. The fourth-order valence-corrected chi connectivity index (χ4v) is 2.65. The van der Waals surface area contributed by atoms with E-state index in [0.717, 1.165) is 12.8 Å². The maximum atomic E-state index is 11.8. The lowest BCUT2D eigenvalue weighted by Gasteiger charge is -2.13. The van der Waals surface area contributed by atoms with Crippen molar-refractivity contribution in [2.24, 2.45) is 0 Å². The van der Waals surface area contributed by atoms with Crippen LogP contribution in [0.15, 0.2) is 29.8 Å². The van der Waals surface area contributed by atoms with Crippen molar-refractivity contribution in [2.45, 2.75) is 32.1 Å². The number of hydrogen-bond donors (Lipinski definition) is 2. The lowest BCUT2D eigenvalue weighted by Crippen LogP contribution is -2.29. The number of carbonyl (C=O) groups is 1. The van der Waals surface area contributed by atoms with Crippen LogP contribution in [0.3, 0.4) is 0 Å². The molecule has 1 aliphatic carbocycles. The molecule has 0 fully saturated rings. The number of anilines is 1. The number of halogens is 1. The van der Waals surface area contributed by atoms with Gasteiger partial charge >= 0.3 is 6.03 Å². The number of nitrogens with one attached hydrogen (secondary N) is 2. The van der Waals surface area contributed by atoms with E-state index in [4.69, 9.17) is 16.3 Å². The highest BCUT2D eigenvalue weighted by Gasteiger charge is 2.07. The third-order valence-electron chi connectivity index (χ3n) is 3.53. The molecular weight excluding hydrogens is 288 g/mol. The van der Waals surface area contributed by atoms with Crippen LogP contribution in [0.2, 0.25) is 5.02 Å². The predicted molar refractivity (Wildman–Crippen MR) is 86.2 cm³/mol. The second kappa shape index (κ2) is 7.93. The summed E-state index contributed by atoms with van der Waals surface area (Å²) in [5.74, 6) is 0.590. The molecule has 2 rings (SSSR count). The Hall–Kier alpha value is -1.68. The summed E-state index contributed by atoms with van der Waals surface area (Å²) >= 11 is 6.01. The van der Waals surface area contributed by atoms with Crippen LogP contribution in [0, 0.1) is 0 Å². The minimum absolute atomic E-state index is 0.215. The molecule has 0 aliphatic heterocycles. The van der Waals surface area contributed by atoms with Gasteiger partial charge in [0, 0.05) is 12.2 Å². The first-order valence-electron chi connectivity index (χ1n) is 7.25. The zero-order valence-corrected chi connectivity index (χ0v) is 13.0. The van der Waals surface area contributed by atoms with Gasteiger partial charge in [-0.25, -0.2) is 4.79 Å². The highest BCUT2D eigenvalue weighted by Crippen LogP contribution is 2.27. The maximum absolute atomic E-state index is 11.8. The average molecular weight is 309 g/mol. The van der Waals surface area contributed by atoms with E-state index < -0.39 is 0 Å². The quantitative estimate of drug-likeness (QED) is 0.794. The molecule has 0 heterocycles. The van der Waals surface area contributed by atoms with E-state index in [-0.39, 0.29) is 6.03 Å². The number of allylic oxidation sites excluding steroid dienone is 1. The van der Waals surface area contributed by atoms with Crippen molar-refractivity contribution < 1.29 is 9.53 Å². The van der Waals surface area contributed by atoms with Crippen molar-refractivity contribution in [3.05, 3.63) is 34.9 Å². The smallest absolute Gasteiger partial charge is 0.319 e.